The van der Waals surface area contributed by atoms with Crippen LogP contribution in [0.4, 0.5) is 5.82 Å². The number of nitriles is 1. The van der Waals surface area contributed by atoms with Crippen LogP contribution in [0.15, 0.2) is 27.2 Å². The summed E-state index contributed by atoms with van der Waals surface area (Å²) in [6, 6.07) is 5.19. The number of nitrogen functional groups attached to an aromatic ring is 1. The number of anilines is 1. The molecule has 0 aliphatic heterocycles. The lowest BCUT2D eigenvalue weighted by molar-refractivity contribution is 0.531. The van der Waals surface area contributed by atoms with Gasteiger partial charge in [-0.15, -0.1) is 0 Å². The molecule has 0 amide bonds. The molecule has 0 radical (unpaired) electrons. The quantitative estimate of drug-likeness (QED) is 0.666. The summed E-state index contributed by atoms with van der Waals surface area (Å²) in [4.78, 5) is 11.7. The number of furan rings is 1. The Hall–Kier alpha value is -2.88. The van der Waals surface area contributed by atoms with E-state index < -0.39 is 0 Å². The zero-order valence-corrected chi connectivity index (χ0v) is 8.41. The number of rotatable bonds is 1. The first-order chi connectivity index (χ1) is 8.28. The second-order valence-electron chi connectivity index (χ2n) is 3.19. The average Bonchev–Trinajstić information content (AvgIpc) is 2.96. The maximum atomic E-state index is 8.70. The molecule has 0 aliphatic carbocycles. The van der Waals surface area contributed by atoms with Gasteiger partial charge in [-0.05, 0) is 12.1 Å². The van der Waals surface area contributed by atoms with Crippen molar-refractivity contribution in [3.05, 3.63) is 24.2 Å². The lowest BCUT2D eigenvalue weighted by Crippen LogP contribution is -1.96. The van der Waals surface area contributed by atoms with Crippen LogP contribution in [-0.2, 0) is 0 Å². The van der Waals surface area contributed by atoms with Crippen LogP contribution in [0, 0.1) is 11.3 Å². The zero-order chi connectivity index (χ0) is 11.8. The van der Waals surface area contributed by atoms with Gasteiger partial charge in [0, 0.05) is 0 Å². The summed E-state index contributed by atoms with van der Waals surface area (Å²) in [6.45, 7) is 0. The van der Waals surface area contributed by atoms with Crippen molar-refractivity contribution >= 4 is 17.0 Å². The number of oxazole rings is 1. The zero-order valence-electron chi connectivity index (χ0n) is 8.41. The van der Waals surface area contributed by atoms with E-state index in [1.807, 2.05) is 0 Å². The molecule has 3 rings (SSSR count). The van der Waals surface area contributed by atoms with Crippen LogP contribution in [-0.4, -0.2) is 15.0 Å². The minimum atomic E-state index is -0.0582. The van der Waals surface area contributed by atoms with Gasteiger partial charge in [0.1, 0.15) is 6.07 Å². The summed E-state index contributed by atoms with van der Waals surface area (Å²) in [7, 11) is 0. The van der Waals surface area contributed by atoms with Gasteiger partial charge in [0.2, 0.25) is 5.82 Å². The molecule has 7 nitrogen and oxygen atoms in total. The van der Waals surface area contributed by atoms with Gasteiger partial charge in [0.05, 0.1) is 6.26 Å². The van der Waals surface area contributed by atoms with Crippen LogP contribution in [0.2, 0.25) is 0 Å². The highest BCUT2D eigenvalue weighted by molar-refractivity contribution is 5.81. The van der Waals surface area contributed by atoms with Crippen molar-refractivity contribution in [2.45, 2.75) is 0 Å². The van der Waals surface area contributed by atoms with Gasteiger partial charge in [-0.1, -0.05) is 0 Å². The summed E-state index contributed by atoms with van der Waals surface area (Å²) in [5, 5.41) is 8.70. The van der Waals surface area contributed by atoms with Crippen LogP contribution < -0.4 is 5.73 Å². The molecular formula is C10H5N5O2. The first-order valence-corrected chi connectivity index (χ1v) is 4.66. The van der Waals surface area contributed by atoms with Crippen molar-refractivity contribution in [3.8, 4) is 17.7 Å². The van der Waals surface area contributed by atoms with E-state index >= 15 is 0 Å². The summed E-state index contributed by atoms with van der Waals surface area (Å²) in [6.07, 6.45) is 1.50. The molecule has 7 heteroatoms. The average molecular weight is 227 g/mol. The van der Waals surface area contributed by atoms with Gasteiger partial charge in [-0.2, -0.15) is 15.2 Å². The fraction of sp³-hybridized carbons (Fsp3) is 0. The molecule has 0 aromatic carbocycles. The van der Waals surface area contributed by atoms with E-state index in [0.29, 0.717) is 11.3 Å². The Kier molecular flexibility index (Phi) is 1.82. The van der Waals surface area contributed by atoms with Gasteiger partial charge in [-0.3, -0.25) is 0 Å². The molecular weight excluding hydrogens is 222 g/mol. The number of hydrogen-bond acceptors (Lipinski definition) is 7. The number of fused-ring (bicyclic) bond motifs is 1. The smallest absolute Gasteiger partial charge is 0.265 e. The Morgan fingerprint density at radius 1 is 1.29 bits per heavy atom. The largest absolute Gasteiger partial charge is 0.459 e. The second-order valence-corrected chi connectivity index (χ2v) is 3.19. The van der Waals surface area contributed by atoms with E-state index in [2.05, 4.69) is 15.0 Å². The van der Waals surface area contributed by atoms with Crippen LogP contribution in [0.25, 0.3) is 22.9 Å². The predicted octanol–water partition coefficient (Wildman–Crippen LogP) is 1.33. The van der Waals surface area contributed by atoms with E-state index in [1.54, 1.807) is 18.2 Å². The highest BCUT2D eigenvalue weighted by Crippen LogP contribution is 2.25. The fourth-order valence-corrected chi connectivity index (χ4v) is 1.40. The van der Waals surface area contributed by atoms with Crippen molar-refractivity contribution < 1.29 is 8.83 Å². The number of nitrogens with zero attached hydrogens (tertiary/aromatic N) is 4. The van der Waals surface area contributed by atoms with Gasteiger partial charge in [0.25, 0.3) is 11.6 Å². The molecule has 0 aliphatic rings. The van der Waals surface area contributed by atoms with E-state index in [4.69, 9.17) is 19.8 Å². The van der Waals surface area contributed by atoms with Crippen LogP contribution >= 0.6 is 0 Å². The summed E-state index contributed by atoms with van der Waals surface area (Å²) in [5.41, 5.74) is 6.13. The Bertz CT molecular complexity index is 723. The molecule has 0 saturated carbocycles. The normalized spacial score (nSPS) is 10.5. The van der Waals surface area contributed by atoms with Crippen LogP contribution in [0.3, 0.4) is 0 Å². The number of aromatic nitrogens is 3. The van der Waals surface area contributed by atoms with Crippen molar-refractivity contribution in [2.24, 2.45) is 0 Å². The Morgan fingerprint density at radius 3 is 2.88 bits per heavy atom. The first kappa shape index (κ1) is 9.35. The molecule has 0 saturated heterocycles. The highest BCUT2D eigenvalue weighted by Gasteiger charge is 2.15. The Balaban J connectivity index is 2.26. The second kappa shape index (κ2) is 3.31. The standard InChI is InChI=1S/C10H5N5O2/c11-4-6-13-8(12)7-10(14-6)17-9(15-7)5-2-1-3-16-5/h1-3H,(H2,12,13,14). The molecule has 0 fully saturated rings. The Morgan fingerprint density at radius 2 is 2.18 bits per heavy atom. The molecule has 3 aromatic rings. The van der Waals surface area contributed by atoms with Crippen LogP contribution in [0.5, 0.6) is 0 Å². The Labute approximate surface area is 94.5 Å². The van der Waals surface area contributed by atoms with E-state index in [-0.39, 0.29) is 23.2 Å². The maximum absolute atomic E-state index is 8.70. The molecule has 0 atom stereocenters. The number of nitrogens with two attached hydrogens (primary N) is 1. The third kappa shape index (κ3) is 1.39. The molecule has 17 heavy (non-hydrogen) atoms. The topological polar surface area (TPSA) is 115 Å². The predicted molar refractivity (Wildman–Crippen MR) is 56.4 cm³/mol. The van der Waals surface area contributed by atoms with Crippen molar-refractivity contribution in [1.82, 2.24) is 15.0 Å². The van der Waals surface area contributed by atoms with Gasteiger partial charge >= 0.3 is 0 Å². The summed E-state index contributed by atoms with van der Waals surface area (Å²) < 4.78 is 10.5. The number of hydrogen-bond donors (Lipinski definition) is 1. The van der Waals surface area contributed by atoms with Crippen molar-refractivity contribution in [3.63, 3.8) is 0 Å². The van der Waals surface area contributed by atoms with E-state index in [0.717, 1.165) is 0 Å². The SMILES string of the molecule is N#Cc1nc(N)c2nc(-c3ccco3)oc2n1. The highest BCUT2D eigenvalue weighted by atomic mass is 16.4. The molecule has 3 heterocycles. The van der Waals surface area contributed by atoms with Crippen LogP contribution in [0.1, 0.15) is 5.82 Å². The molecule has 82 valence electrons. The molecule has 0 spiro atoms. The lowest BCUT2D eigenvalue weighted by atomic mass is 10.4. The minimum Gasteiger partial charge on any atom is -0.459 e. The third-order valence-corrected chi connectivity index (χ3v) is 2.12. The van der Waals surface area contributed by atoms with E-state index in [9.17, 15) is 0 Å². The molecule has 0 unspecified atom stereocenters. The summed E-state index contributed by atoms with van der Waals surface area (Å²) in [5.74, 6) is 0.757. The third-order valence-electron chi connectivity index (χ3n) is 2.12. The van der Waals surface area contributed by atoms with Crippen molar-refractivity contribution in [2.75, 3.05) is 5.73 Å². The summed E-state index contributed by atoms with van der Waals surface area (Å²) >= 11 is 0. The van der Waals surface area contributed by atoms with E-state index in [1.165, 1.54) is 6.26 Å². The monoisotopic (exact) mass is 227 g/mol. The first-order valence-electron chi connectivity index (χ1n) is 4.66. The van der Waals surface area contributed by atoms with Gasteiger partial charge < -0.3 is 14.6 Å². The molecule has 2 N–H and O–H groups in total. The van der Waals surface area contributed by atoms with Gasteiger partial charge in [-0.25, -0.2) is 4.98 Å². The fourth-order valence-electron chi connectivity index (χ4n) is 1.40. The minimum absolute atomic E-state index is 0.0582. The van der Waals surface area contributed by atoms with Gasteiger partial charge in [0.15, 0.2) is 17.1 Å². The molecule has 0 bridgehead atoms. The maximum Gasteiger partial charge on any atom is 0.265 e. The van der Waals surface area contributed by atoms with Crippen molar-refractivity contribution in [1.29, 1.82) is 5.26 Å². The molecule has 3 aromatic heterocycles. The lowest BCUT2D eigenvalue weighted by Gasteiger charge is -1.91.